The lowest BCUT2D eigenvalue weighted by atomic mass is 10.1. The zero-order valence-electron chi connectivity index (χ0n) is 13.4. The molecular weight excluding hydrogens is 322 g/mol. The monoisotopic (exact) mass is 339 g/mol. The average molecular weight is 339 g/mol. The molecule has 0 saturated heterocycles. The van der Waals surface area contributed by atoms with Crippen molar-refractivity contribution >= 4 is 22.9 Å². The average Bonchev–Trinajstić information content (AvgIpc) is 3.07. The van der Waals surface area contributed by atoms with Gasteiger partial charge < -0.3 is 5.32 Å². The number of hydrogen-bond acceptors (Lipinski definition) is 4. The van der Waals surface area contributed by atoms with E-state index in [1.807, 2.05) is 49.6 Å². The normalized spacial score (nSPS) is 10.6. The summed E-state index contributed by atoms with van der Waals surface area (Å²) in [6, 6.07) is 12.7. The van der Waals surface area contributed by atoms with E-state index in [1.165, 1.54) is 22.1 Å². The number of nitrogens with one attached hydrogen (secondary N) is 1. The van der Waals surface area contributed by atoms with Gasteiger partial charge in [-0.05, 0) is 54.6 Å². The number of rotatable bonds is 4. The molecule has 3 rings (SSSR count). The van der Waals surface area contributed by atoms with E-state index < -0.39 is 0 Å². The van der Waals surface area contributed by atoms with Crippen molar-refractivity contribution in [3.05, 3.63) is 69.3 Å². The Kier molecular flexibility index (Phi) is 4.57. The summed E-state index contributed by atoms with van der Waals surface area (Å²) in [5.41, 5.74) is 3.36. The maximum absolute atomic E-state index is 12.2. The van der Waals surface area contributed by atoms with E-state index in [2.05, 4.69) is 10.4 Å². The summed E-state index contributed by atoms with van der Waals surface area (Å²) < 4.78 is 1.19. The third kappa shape index (κ3) is 3.60. The summed E-state index contributed by atoms with van der Waals surface area (Å²) in [6.45, 7) is 3.88. The van der Waals surface area contributed by atoms with Crippen LogP contribution < -0.4 is 10.9 Å². The van der Waals surface area contributed by atoms with Gasteiger partial charge >= 0.3 is 0 Å². The highest BCUT2D eigenvalue weighted by molar-refractivity contribution is 7.13. The Hall–Kier alpha value is -2.73. The number of nitrogens with zero attached hydrogens (tertiary/aromatic N) is 2. The van der Waals surface area contributed by atoms with Gasteiger partial charge in [-0.25, -0.2) is 4.68 Å². The fraction of sp³-hybridized carbons (Fsp3) is 0.167. The lowest BCUT2D eigenvalue weighted by Gasteiger charge is -2.09. The van der Waals surface area contributed by atoms with Gasteiger partial charge in [-0.15, -0.1) is 11.3 Å². The van der Waals surface area contributed by atoms with Crippen LogP contribution in [0.1, 0.15) is 11.1 Å². The number of thiophene rings is 1. The highest BCUT2D eigenvalue weighted by Crippen LogP contribution is 2.21. The zero-order chi connectivity index (χ0) is 17.1. The zero-order valence-corrected chi connectivity index (χ0v) is 14.3. The summed E-state index contributed by atoms with van der Waals surface area (Å²) in [7, 11) is 0. The van der Waals surface area contributed by atoms with E-state index in [0.29, 0.717) is 11.4 Å². The van der Waals surface area contributed by atoms with Crippen LogP contribution in [0.4, 0.5) is 5.69 Å². The summed E-state index contributed by atoms with van der Waals surface area (Å²) in [5, 5.41) is 9.03. The second kappa shape index (κ2) is 6.80. The lowest BCUT2D eigenvalue weighted by molar-refractivity contribution is -0.117. The molecule has 2 heterocycles. The quantitative estimate of drug-likeness (QED) is 0.794. The van der Waals surface area contributed by atoms with Gasteiger partial charge in [0, 0.05) is 11.8 Å². The number of aromatic nitrogens is 2. The molecule has 0 fully saturated rings. The molecule has 1 amide bonds. The first-order valence-corrected chi connectivity index (χ1v) is 8.40. The molecule has 1 N–H and O–H groups in total. The molecule has 0 saturated carbocycles. The number of benzene rings is 1. The summed E-state index contributed by atoms with van der Waals surface area (Å²) in [5.74, 6) is -0.281. The molecule has 0 aliphatic rings. The fourth-order valence-electron chi connectivity index (χ4n) is 2.27. The van der Waals surface area contributed by atoms with E-state index in [1.54, 1.807) is 6.07 Å². The molecule has 2 aromatic heterocycles. The van der Waals surface area contributed by atoms with Crippen molar-refractivity contribution in [2.45, 2.75) is 20.4 Å². The predicted molar refractivity (Wildman–Crippen MR) is 96.4 cm³/mol. The second-order valence-corrected chi connectivity index (χ2v) is 6.49. The molecule has 0 bridgehead atoms. The van der Waals surface area contributed by atoms with E-state index in [-0.39, 0.29) is 18.0 Å². The highest BCUT2D eigenvalue weighted by Gasteiger charge is 2.09. The number of anilines is 1. The molecule has 0 radical (unpaired) electrons. The minimum Gasteiger partial charge on any atom is -0.324 e. The Morgan fingerprint density at radius 3 is 2.71 bits per heavy atom. The van der Waals surface area contributed by atoms with Gasteiger partial charge in [-0.2, -0.15) is 5.10 Å². The third-order valence-electron chi connectivity index (χ3n) is 3.72. The Morgan fingerprint density at radius 2 is 2.00 bits per heavy atom. The summed E-state index contributed by atoms with van der Waals surface area (Å²) in [6.07, 6.45) is 0. The van der Waals surface area contributed by atoms with Gasteiger partial charge in [-0.1, -0.05) is 12.1 Å². The summed E-state index contributed by atoms with van der Waals surface area (Å²) in [4.78, 5) is 25.1. The molecule has 6 heteroatoms. The van der Waals surface area contributed by atoms with Crippen molar-refractivity contribution in [3.63, 3.8) is 0 Å². The smallest absolute Gasteiger partial charge is 0.267 e. The van der Waals surface area contributed by atoms with Gasteiger partial charge in [0.25, 0.3) is 5.56 Å². The lowest BCUT2D eigenvalue weighted by Crippen LogP contribution is -2.29. The maximum Gasteiger partial charge on any atom is 0.267 e. The Bertz CT molecular complexity index is 930. The summed E-state index contributed by atoms with van der Waals surface area (Å²) >= 11 is 1.54. The Morgan fingerprint density at radius 1 is 1.17 bits per heavy atom. The second-order valence-electron chi connectivity index (χ2n) is 5.54. The van der Waals surface area contributed by atoms with Crippen LogP contribution in [0.5, 0.6) is 0 Å². The number of aryl methyl sites for hydroxylation is 2. The van der Waals surface area contributed by atoms with E-state index in [4.69, 9.17) is 0 Å². The molecule has 3 aromatic rings. The van der Waals surface area contributed by atoms with Crippen LogP contribution in [0.2, 0.25) is 0 Å². The van der Waals surface area contributed by atoms with Crippen LogP contribution in [-0.2, 0) is 11.3 Å². The molecule has 0 aliphatic heterocycles. The van der Waals surface area contributed by atoms with Crippen molar-refractivity contribution in [2.75, 3.05) is 5.32 Å². The predicted octanol–water partition coefficient (Wildman–Crippen LogP) is 3.23. The molecule has 0 unspecified atom stereocenters. The maximum atomic E-state index is 12.2. The van der Waals surface area contributed by atoms with Crippen LogP contribution in [0.25, 0.3) is 10.6 Å². The largest absolute Gasteiger partial charge is 0.324 e. The first-order valence-electron chi connectivity index (χ1n) is 7.52. The number of hydrogen-bond donors (Lipinski definition) is 1. The SMILES string of the molecule is Cc1ccc(NC(=O)Cn2nc(-c3cccs3)ccc2=O)cc1C. The van der Waals surface area contributed by atoms with Gasteiger partial charge in [0.2, 0.25) is 5.91 Å². The minimum atomic E-state index is -0.300. The molecule has 0 aliphatic carbocycles. The molecule has 24 heavy (non-hydrogen) atoms. The standard InChI is InChI=1S/C18H17N3O2S/c1-12-5-6-14(10-13(12)2)19-17(22)11-21-18(23)8-7-15(20-21)16-4-3-9-24-16/h3-10H,11H2,1-2H3,(H,19,22). The first-order chi connectivity index (χ1) is 11.5. The van der Waals surface area contributed by atoms with E-state index >= 15 is 0 Å². The fourth-order valence-corrected chi connectivity index (χ4v) is 2.96. The van der Waals surface area contributed by atoms with Crippen molar-refractivity contribution in [2.24, 2.45) is 0 Å². The van der Waals surface area contributed by atoms with Gasteiger partial charge in [0.15, 0.2) is 0 Å². The van der Waals surface area contributed by atoms with Gasteiger partial charge in [-0.3, -0.25) is 9.59 Å². The van der Waals surface area contributed by atoms with E-state index in [9.17, 15) is 9.59 Å². The van der Waals surface area contributed by atoms with Crippen LogP contribution in [0, 0.1) is 13.8 Å². The molecule has 0 atom stereocenters. The molecule has 1 aromatic carbocycles. The third-order valence-corrected chi connectivity index (χ3v) is 4.62. The molecular formula is C18H17N3O2S. The topological polar surface area (TPSA) is 64.0 Å². The van der Waals surface area contributed by atoms with Crippen molar-refractivity contribution in [1.29, 1.82) is 0 Å². The molecule has 0 spiro atoms. The Labute approximate surface area is 143 Å². The van der Waals surface area contributed by atoms with Crippen LogP contribution in [0.15, 0.2) is 52.6 Å². The number of carbonyl (C=O) groups excluding carboxylic acids is 1. The minimum absolute atomic E-state index is 0.120. The van der Waals surface area contributed by atoms with Crippen molar-refractivity contribution in [3.8, 4) is 10.6 Å². The molecule has 5 nitrogen and oxygen atoms in total. The highest BCUT2D eigenvalue weighted by atomic mass is 32.1. The Balaban J connectivity index is 1.77. The van der Waals surface area contributed by atoms with Crippen LogP contribution >= 0.6 is 11.3 Å². The van der Waals surface area contributed by atoms with E-state index in [0.717, 1.165) is 16.0 Å². The van der Waals surface area contributed by atoms with Crippen LogP contribution in [0.3, 0.4) is 0 Å². The number of amides is 1. The first kappa shape index (κ1) is 16.1. The van der Waals surface area contributed by atoms with Crippen LogP contribution in [-0.4, -0.2) is 15.7 Å². The van der Waals surface area contributed by atoms with Gasteiger partial charge in [0.1, 0.15) is 12.2 Å². The van der Waals surface area contributed by atoms with Crippen molar-refractivity contribution < 1.29 is 4.79 Å². The number of carbonyl (C=O) groups is 1. The van der Waals surface area contributed by atoms with Crippen molar-refractivity contribution in [1.82, 2.24) is 9.78 Å². The molecule has 122 valence electrons. The van der Waals surface area contributed by atoms with Gasteiger partial charge in [0.05, 0.1) is 4.88 Å².